The Hall–Kier alpha value is -0.570. The average Bonchev–Trinajstić information content (AvgIpc) is 3.00. The molecule has 3 nitrogen and oxygen atoms in total. The second-order valence-electron chi connectivity index (χ2n) is 7.68. The third-order valence-electron chi connectivity index (χ3n) is 6.24. The van der Waals surface area contributed by atoms with Crippen LogP contribution >= 0.6 is 0 Å². The van der Waals surface area contributed by atoms with Gasteiger partial charge in [0.25, 0.3) is 0 Å². The molecule has 21 heavy (non-hydrogen) atoms. The minimum atomic E-state index is -0.320. The maximum Gasteiger partial charge on any atom is 0.244 e. The zero-order chi connectivity index (χ0) is 14.9. The third-order valence-corrected chi connectivity index (χ3v) is 6.24. The van der Waals surface area contributed by atoms with Crippen LogP contribution in [0.15, 0.2) is 0 Å². The van der Waals surface area contributed by atoms with Gasteiger partial charge in [-0.2, -0.15) is 0 Å². The first kappa shape index (κ1) is 15.3. The van der Waals surface area contributed by atoms with Crippen molar-refractivity contribution < 1.29 is 4.79 Å². The summed E-state index contributed by atoms with van der Waals surface area (Å²) in [6, 6.07) is 0.492. The Morgan fingerprint density at radius 3 is 2.19 bits per heavy atom. The van der Waals surface area contributed by atoms with Gasteiger partial charge in [0.15, 0.2) is 0 Å². The van der Waals surface area contributed by atoms with E-state index in [2.05, 4.69) is 24.1 Å². The van der Waals surface area contributed by atoms with Gasteiger partial charge < -0.3 is 4.90 Å². The topological polar surface area (TPSA) is 32.3 Å². The lowest BCUT2D eigenvalue weighted by molar-refractivity contribution is -0.136. The van der Waals surface area contributed by atoms with E-state index in [1.807, 2.05) is 0 Å². The molecule has 2 atom stereocenters. The number of rotatable bonds is 3. The Bertz CT molecular complexity index is 369. The molecule has 0 radical (unpaired) electrons. The minimum absolute atomic E-state index is 0.313. The summed E-state index contributed by atoms with van der Waals surface area (Å²) in [4.78, 5) is 15.4. The van der Waals surface area contributed by atoms with Crippen LogP contribution in [-0.4, -0.2) is 28.6 Å². The van der Waals surface area contributed by atoms with Crippen LogP contribution in [-0.2, 0) is 4.79 Å². The second-order valence-corrected chi connectivity index (χ2v) is 7.68. The lowest BCUT2D eigenvalue weighted by Crippen LogP contribution is -2.48. The predicted molar refractivity (Wildman–Crippen MR) is 85.9 cm³/mol. The molecule has 1 aliphatic heterocycles. The van der Waals surface area contributed by atoms with E-state index >= 15 is 0 Å². The molecule has 2 aliphatic carbocycles. The van der Waals surface area contributed by atoms with Crippen molar-refractivity contribution in [2.24, 2.45) is 5.92 Å². The van der Waals surface area contributed by atoms with Crippen LogP contribution in [0.1, 0.15) is 84.5 Å². The quantitative estimate of drug-likeness (QED) is 0.802. The van der Waals surface area contributed by atoms with E-state index in [1.165, 1.54) is 64.2 Å². The highest BCUT2D eigenvalue weighted by molar-refractivity contribution is 5.88. The number of nitrogens with zero attached hydrogens (tertiary/aromatic N) is 1. The van der Waals surface area contributed by atoms with E-state index in [4.69, 9.17) is 0 Å². The van der Waals surface area contributed by atoms with Gasteiger partial charge in [0.05, 0.1) is 11.7 Å². The summed E-state index contributed by atoms with van der Waals surface area (Å²) in [6.45, 7) is 4.27. The standard InChI is InChI=1S/C18H32N2O/c1-3-18(2)17(21)20(15-12-6-4-5-7-13-15)16(19-18)14-10-8-9-11-14/h14-16,19H,3-13H2,1-2H3. The van der Waals surface area contributed by atoms with Crippen molar-refractivity contribution in [2.45, 2.75) is 102 Å². The zero-order valence-electron chi connectivity index (χ0n) is 13.9. The van der Waals surface area contributed by atoms with Gasteiger partial charge in [-0.05, 0) is 44.9 Å². The SMILES string of the molecule is CCC1(C)NC(C2CCCC2)N(C2CCCCCC2)C1=O. The number of carbonyl (C=O) groups is 1. The van der Waals surface area contributed by atoms with Crippen LogP contribution in [0.25, 0.3) is 0 Å². The fraction of sp³-hybridized carbons (Fsp3) is 0.944. The van der Waals surface area contributed by atoms with E-state index in [1.54, 1.807) is 0 Å². The predicted octanol–water partition coefficient (Wildman–Crippen LogP) is 3.83. The van der Waals surface area contributed by atoms with Crippen LogP contribution in [0.5, 0.6) is 0 Å². The molecule has 3 fully saturated rings. The minimum Gasteiger partial charge on any atom is -0.322 e. The molecular formula is C18H32N2O. The first-order chi connectivity index (χ1) is 10.2. The molecule has 1 saturated heterocycles. The molecule has 120 valence electrons. The van der Waals surface area contributed by atoms with Crippen molar-refractivity contribution in [3.8, 4) is 0 Å². The number of nitrogens with one attached hydrogen (secondary N) is 1. The summed E-state index contributed by atoms with van der Waals surface area (Å²) in [6.07, 6.45) is 14.2. The van der Waals surface area contributed by atoms with E-state index < -0.39 is 0 Å². The van der Waals surface area contributed by atoms with E-state index in [0.717, 1.165) is 6.42 Å². The van der Waals surface area contributed by atoms with Crippen LogP contribution in [0.3, 0.4) is 0 Å². The highest BCUT2D eigenvalue weighted by Crippen LogP contribution is 2.38. The van der Waals surface area contributed by atoms with Crippen molar-refractivity contribution >= 4 is 5.91 Å². The van der Waals surface area contributed by atoms with Gasteiger partial charge >= 0.3 is 0 Å². The summed E-state index contributed by atoms with van der Waals surface area (Å²) >= 11 is 0. The second kappa shape index (κ2) is 6.28. The lowest BCUT2D eigenvalue weighted by Gasteiger charge is -2.35. The molecule has 0 aromatic carbocycles. The van der Waals surface area contributed by atoms with Crippen LogP contribution in [0.4, 0.5) is 0 Å². The van der Waals surface area contributed by atoms with Crippen molar-refractivity contribution in [3.63, 3.8) is 0 Å². The van der Waals surface area contributed by atoms with Gasteiger partial charge in [-0.1, -0.05) is 45.4 Å². The van der Waals surface area contributed by atoms with Gasteiger partial charge in [0.1, 0.15) is 0 Å². The van der Waals surface area contributed by atoms with Crippen LogP contribution in [0, 0.1) is 5.92 Å². The molecule has 3 rings (SSSR count). The molecule has 3 aliphatic rings. The maximum atomic E-state index is 13.1. The molecule has 2 unspecified atom stereocenters. The summed E-state index contributed by atoms with van der Waals surface area (Å²) in [5.41, 5.74) is -0.320. The fourth-order valence-corrected chi connectivity index (χ4v) is 4.67. The van der Waals surface area contributed by atoms with Crippen molar-refractivity contribution in [1.29, 1.82) is 0 Å². The first-order valence-electron chi connectivity index (χ1n) is 9.26. The molecule has 0 bridgehead atoms. The Labute approximate surface area is 129 Å². The molecular weight excluding hydrogens is 260 g/mol. The van der Waals surface area contributed by atoms with Crippen LogP contribution < -0.4 is 5.32 Å². The maximum absolute atomic E-state index is 13.1. The summed E-state index contributed by atoms with van der Waals surface area (Å²) < 4.78 is 0. The van der Waals surface area contributed by atoms with Crippen molar-refractivity contribution in [3.05, 3.63) is 0 Å². The fourth-order valence-electron chi connectivity index (χ4n) is 4.67. The summed E-state index contributed by atoms with van der Waals surface area (Å²) in [5, 5.41) is 3.75. The van der Waals surface area contributed by atoms with Gasteiger partial charge in [-0.3, -0.25) is 10.1 Å². The smallest absolute Gasteiger partial charge is 0.244 e. The lowest BCUT2D eigenvalue weighted by atomic mass is 9.98. The number of hydrogen-bond acceptors (Lipinski definition) is 2. The molecule has 3 heteroatoms. The first-order valence-corrected chi connectivity index (χ1v) is 9.26. The molecule has 0 spiro atoms. The molecule has 0 aromatic rings. The Kier molecular flexibility index (Phi) is 4.58. The molecule has 2 saturated carbocycles. The highest BCUT2D eigenvalue weighted by Gasteiger charge is 2.51. The molecule has 1 amide bonds. The number of hydrogen-bond donors (Lipinski definition) is 1. The van der Waals surface area contributed by atoms with E-state index in [0.29, 0.717) is 24.0 Å². The summed E-state index contributed by atoms with van der Waals surface area (Å²) in [7, 11) is 0. The Morgan fingerprint density at radius 1 is 1.05 bits per heavy atom. The van der Waals surface area contributed by atoms with E-state index in [9.17, 15) is 4.79 Å². The van der Waals surface area contributed by atoms with Crippen molar-refractivity contribution in [1.82, 2.24) is 10.2 Å². The van der Waals surface area contributed by atoms with Crippen LogP contribution in [0.2, 0.25) is 0 Å². The molecule has 1 heterocycles. The number of amides is 1. The van der Waals surface area contributed by atoms with Gasteiger partial charge in [-0.25, -0.2) is 0 Å². The monoisotopic (exact) mass is 292 g/mol. The van der Waals surface area contributed by atoms with Gasteiger partial charge in [0.2, 0.25) is 5.91 Å². The number of carbonyl (C=O) groups excluding carboxylic acids is 1. The largest absolute Gasteiger partial charge is 0.322 e. The Balaban J connectivity index is 1.83. The highest BCUT2D eigenvalue weighted by atomic mass is 16.2. The normalized spacial score (nSPS) is 36.4. The molecule has 0 aromatic heterocycles. The Morgan fingerprint density at radius 2 is 1.62 bits per heavy atom. The zero-order valence-corrected chi connectivity index (χ0v) is 13.9. The molecule has 1 N–H and O–H groups in total. The van der Waals surface area contributed by atoms with E-state index in [-0.39, 0.29) is 5.54 Å². The van der Waals surface area contributed by atoms with Crippen molar-refractivity contribution in [2.75, 3.05) is 0 Å². The van der Waals surface area contributed by atoms with Gasteiger partial charge in [-0.15, -0.1) is 0 Å². The van der Waals surface area contributed by atoms with Gasteiger partial charge in [0, 0.05) is 6.04 Å². The summed E-state index contributed by atoms with van der Waals surface area (Å²) in [5.74, 6) is 1.07. The average molecular weight is 292 g/mol. The third kappa shape index (κ3) is 2.86.